The third-order valence-corrected chi connectivity index (χ3v) is 5.39. The summed E-state index contributed by atoms with van der Waals surface area (Å²) in [5.74, 6) is 1.87. The molecule has 0 saturated carbocycles. The van der Waals surface area contributed by atoms with Gasteiger partial charge in [0.05, 0.1) is 0 Å². The van der Waals surface area contributed by atoms with E-state index in [0.717, 1.165) is 24.6 Å². The number of hydrogen-bond donors (Lipinski definition) is 2. The molecule has 2 atom stereocenters. The topological polar surface area (TPSA) is 41.1 Å². The maximum Gasteiger partial charge on any atom is 0.349 e. The summed E-state index contributed by atoms with van der Waals surface area (Å²) in [5.41, 5.74) is 11.5. The van der Waals surface area contributed by atoms with Gasteiger partial charge in [0.15, 0.2) is 0 Å². The van der Waals surface area contributed by atoms with Crippen LogP contribution in [0.2, 0.25) is 0 Å². The fourth-order valence-electron chi connectivity index (χ4n) is 3.43. The maximum absolute atomic E-state index is 6.27. The molecule has 25 heavy (non-hydrogen) atoms. The summed E-state index contributed by atoms with van der Waals surface area (Å²) in [6.45, 7) is 9.78. The molecule has 1 aliphatic rings. The standard InChI is InChI=1S/C22H29N3/c1-5-16(4)18-10-12-20(13-11-18)25-21(14-24-22(25)23)19-8-6-17(7-9-19)15(2)3/h6-13,15-16,21H,5,14H2,1-4H3,(H2,23,24)/p+1. The molecule has 0 aliphatic carbocycles. The van der Waals surface area contributed by atoms with Crippen molar-refractivity contribution in [3.63, 3.8) is 0 Å². The molecule has 3 heteroatoms. The van der Waals surface area contributed by atoms with Gasteiger partial charge in [-0.05, 0) is 47.1 Å². The quantitative estimate of drug-likeness (QED) is 0.782. The summed E-state index contributed by atoms with van der Waals surface area (Å²) in [5, 5.41) is 3.32. The third kappa shape index (κ3) is 3.55. The van der Waals surface area contributed by atoms with Crippen LogP contribution in [-0.2, 0) is 0 Å². The van der Waals surface area contributed by atoms with Gasteiger partial charge in [-0.1, -0.05) is 64.1 Å². The van der Waals surface area contributed by atoms with Gasteiger partial charge < -0.3 is 0 Å². The Morgan fingerprint density at radius 3 is 2.16 bits per heavy atom. The summed E-state index contributed by atoms with van der Waals surface area (Å²) >= 11 is 0. The Morgan fingerprint density at radius 2 is 1.60 bits per heavy atom. The molecule has 3 N–H and O–H groups in total. The lowest BCUT2D eigenvalue weighted by atomic mass is 9.97. The number of rotatable bonds is 5. The van der Waals surface area contributed by atoms with E-state index >= 15 is 0 Å². The molecule has 0 saturated heterocycles. The molecule has 0 amide bonds. The molecule has 0 radical (unpaired) electrons. The molecular weight excluding hydrogens is 306 g/mol. The molecule has 0 aromatic heterocycles. The van der Waals surface area contributed by atoms with E-state index < -0.39 is 0 Å². The third-order valence-electron chi connectivity index (χ3n) is 5.39. The number of nitrogens with zero attached hydrogens (tertiary/aromatic N) is 1. The number of nitrogens with two attached hydrogens (primary N) is 1. The van der Waals surface area contributed by atoms with Gasteiger partial charge in [0.1, 0.15) is 18.3 Å². The van der Waals surface area contributed by atoms with Crippen molar-refractivity contribution in [2.24, 2.45) is 5.73 Å². The molecule has 0 fully saturated rings. The summed E-state index contributed by atoms with van der Waals surface area (Å²) in [4.78, 5) is 0. The van der Waals surface area contributed by atoms with Crippen molar-refractivity contribution in [2.75, 3.05) is 6.54 Å². The fraction of sp³-hybridized carbons (Fsp3) is 0.409. The van der Waals surface area contributed by atoms with Crippen molar-refractivity contribution in [3.05, 3.63) is 65.2 Å². The van der Waals surface area contributed by atoms with Crippen LogP contribution in [0.15, 0.2) is 48.5 Å². The zero-order valence-electron chi connectivity index (χ0n) is 15.8. The Balaban J connectivity index is 1.89. The molecule has 0 bridgehead atoms. The minimum absolute atomic E-state index is 0.232. The van der Waals surface area contributed by atoms with Crippen LogP contribution in [0, 0.1) is 0 Å². The van der Waals surface area contributed by atoms with Gasteiger partial charge in [0, 0.05) is 0 Å². The summed E-state index contributed by atoms with van der Waals surface area (Å²) < 4.78 is 2.21. The Morgan fingerprint density at radius 1 is 1.00 bits per heavy atom. The van der Waals surface area contributed by atoms with Crippen molar-refractivity contribution in [1.82, 2.24) is 5.32 Å². The van der Waals surface area contributed by atoms with Crippen LogP contribution in [0.3, 0.4) is 0 Å². The van der Waals surface area contributed by atoms with Crippen LogP contribution in [0.4, 0.5) is 5.69 Å². The van der Waals surface area contributed by atoms with Crippen LogP contribution in [0.25, 0.3) is 0 Å². The Bertz CT molecular complexity index is 742. The minimum Gasteiger partial charge on any atom is -0.290 e. The van der Waals surface area contributed by atoms with Crippen LogP contribution in [-0.4, -0.2) is 17.1 Å². The monoisotopic (exact) mass is 336 g/mol. The van der Waals surface area contributed by atoms with Gasteiger partial charge in [-0.2, -0.15) is 0 Å². The van der Waals surface area contributed by atoms with Crippen LogP contribution in [0.1, 0.15) is 68.7 Å². The van der Waals surface area contributed by atoms with Crippen molar-refractivity contribution in [2.45, 2.75) is 52.0 Å². The van der Waals surface area contributed by atoms with E-state index in [2.05, 4.69) is 86.1 Å². The fourth-order valence-corrected chi connectivity index (χ4v) is 3.43. The first-order valence-electron chi connectivity index (χ1n) is 9.36. The van der Waals surface area contributed by atoms with Gasteiger partial charge in [0.25, 0.3) is 0 Å². The zero-order chi connectivity index (χ0) is 18.0. The molecule has 3 rings (SSSR count). The van der Waals surface area contributed by atoms with Gasteiger partial charge in [-0.25, -0.2) is 4.58 Å². The zero-order valence-corrected chi connectivity index (χ0v) is 15.8. The molecule has 2 aromatic carbocycles. The molecule has 2 aromatic rings. The summed E-state index contributed by atoms with van der Waals surface area (Å²) in [6.07, 6.45) is 1.16. The van der Waals surface area contributed by atoms with Gasteiger partial charge in [0.2, 0.25) is 0 Å². The van der Waals surface area contributed by atoms with Gasteiger partial charge in [-0.15, -0.1) is 0 Å². The molecule has 1 aliphatic heterocycles. The highest BCUT2D eigenvalue weighted by Crippen LogP contribution is 2.30. The maximum atomic E-state index is 6.27. The van der Waals surface area contributed by atoms with E-state index in [1.54, 1.807) is 0 Å². The number of guanidine groups is 1. The Kier molecular flexibility index (Phi) is 5.12. The normalized spacial score (nSPS) is 18.5. The molecule has 1 heterocycles. The lowest BCUT2D eigenvalue weighted by Gasteiger charge is -2.16. The average Bonchev–Trinajstić information content (AvgIpc) is 3.02. The highest BCUT2D eigenvalue weighted by atomic mass is 15.3. The van der Waals surface area contributed by atoms with Crippen LogP contribution >= 0.6 is 0 Å². The van der Waals surface area contributed by atoms with E-state index in [0.29, 0.717) is 11.8 Å². The van der Waals surface area contributed by atoms with Crippen molar-refractivity contribution >= 4 is 11.6 Å². The number of hydrogen-bond acceptors (Lipinski definition) is 2. The van der Waals surface area contributed by atoms with E-state index in [1.807, 2.05) is 0 Å². The molecule has 3 nitrogen and oxygen atoms in total. The SMILES string of the molecule is CCC(C)c1ccc([N+]2=C(N)NCC2c2ccc(C(C)C)cc2)cc1. The molecular formula is C22H30N3+. The van der Waals surface area contributed by atoms with Gasteiger partial charge >= 0.3 is 5.96 Å². The van der Waals surface area contributed by atoms with Crippen molar-refractivity contribution < 1.29 is 4.58 Å². The van der Waals surface area contributed by atoms with E-state index in [1.165, 1.54) is 16.7 Å². The first-order valence-corrected chi connectivity index (χ1v) is 9.36. The number of benzene rings is 2. The van der Waals surface area contributed by atoms with Gasteiger partial charge in [-0.3, -0.25) is 11.1 Å². The van der Waals surface area contributed by atoms with E-state index in [-0.39, 0.29) is 6.04 Å². The second-order valence-electron chi connectivity index (χ2n) is 7.37. The Labute approximate surface area is 151 Å². The lowest BCUT2D eigenvalue weighted by molar-refractivity contribution is -0.480. The Hall–Kier alpha value is -2.29. The average molecular weight is 337 g/mol. The second-order valence-corrected chi connectivity index (χ2v) is 7.37. The van der Waals surface area contributed by atoms with Crippen LogP contribution in [0.5, 0.6) is 0 Å². The summed E-state index contributed by atoms with van der Waals surface area (Å²) in [6, 6.07) is 18.0. The van der Waals surface area contributed by atoms with E-state index in [9.17, 15) is 0 Å². The first kappa shape index (κ1) is 17.5. The van der Waals surface area contributed by atoms with Crippen LogP contribution < -0.4 is 11.1 Å². The van der Waals surface area contributed by atoms with E-state index in [4.69, 9.17) is 5.73 Å². The first-order chi connectivity index (χ1) is 12.0. The lowest BCUT2D eigenvalue weighted by Crippen LogP contribution is -2.30. The smallest absolute Gasteiger partial charge is 0.290 e. The molecule has 0 spiro atoms. The van der Waals surface area contributed by atoms with Crippen molar-refractivity contribution in [3.8, 4) is 0 Å². The predicted octanol–water partition coefficient (Wildman–Crippen LogP) is 4.63. The molecule has 2 unspecified atom stereocenters. The molecule has 132 valence electrons. The number of nitrogens with one attached hydrogen (secondary N) is 1. The van der Waals surface area contributed by atoms with Crippen molar-refractivity contribution in [1.29, 1.82) is 0 Å². The summed E-state index contributed by atoms with van der Waals surface area (Å²) in [7, 11) is 0. The minimum atomic E-state index is 0.232. The second kappa shape index (κ2) is 7.30. The highest BCUT2D eigenvalue weighted by Gasteiger charge is 2.31. The largest absolute Gasteiger partial charge is 0.349 e. The highest BCUT2D eigenvalue weighted by molar-refractivity contribution is 5.75. The predicted molar refractivity (Wildman–Crippen MR) is 106 cm³/mol.